The van der Waals surface area contributed by atoms with Crippen molar-refractivity contribution in [3.63, 3.8) is 0 Å². The molecule has 0 bridgehead atoms. The molecule has 0 spiro atoms. The lowest BCUT2D eigenvalue weighted by atomic mass is 9.94. The minimum atomic E-state index is -5.71. The van der Waals surface area contributed by atoms with Gasteiger partial charge in [0.25, 0.3) is 0 Å². The van der Waals surface area contributed by atoms with E-state index >= 15 is 0 Å². The Bertz CT molecular complexity index is 488. The maximum Gasteiger partial charge on any atom is 0.407 e. The lowest BCUT2D eigenvalue weighted by Gasteiger charge is -2.22. The molecule has 1 aromatic rings. The summed E-state index contributed by atoms with van der Waals surface area (Å²) in [7, 11) is 0. The molecule has 0 aliphatic heterocycles. The molecule has 0 aliphatic carbocycles. The Morgan fingerprint density at radius 2 is 1.60 bits per heavy atom. The van der Waals surface area contributed by atoms with Crippen LogP contribution in [0.5, 0.6) is 0 Å². The summed E-state index contributed by atoms with van der Waals surface area (Å²) in [4.78, 5) is 11.3. The van der Waals surface area contributed by atoms with Gasteiger partial charge in [0.05, 0.1) is 0 Å². The van der Waals surface area contributed by atoms with Crippen molar-refractivity contribution in [3.8, 4) is 0 Å². The van der Waals surface area contributed by atoms with Gasteiger partial charge in [0, 0.05) is 6.42 Å². The number of Topliss-reactive ketones (excluding diaryl/α,β-unsaturated/α-hetero) is 1. The first kappa shape index (κ1) is 16.5. The molecule has 0 saturated heterocycles. The molecule has 0 N–H and O–H groups in total. The molecule has 0 fully saturated rings. The molecule has 0 saturated carbocycles. The summed E-state index contributed by atoms with van der Waals surface area (Å²) >= 11 is 0. The van der Waals surface area contributed by atoms with Crippen LogP contribution in [0, 0.1) is 18.7 Å². The van der Waals surface area contributed by atoms with Crippen LogP contribution in [0.15, 0.2) is 18.2 Å². The minimum Gasteiger partial charge on any atom is -0.298 e. The van der Waals surface area contributed by atoms with Crippen molar-refractivity contribution in [1.29, 1.82) is 0 Å². The molecular weight excluding hydrogens is 293 g/mol. The quantitative estimate of drug-likeness (QED) is 0.772. The molecule has 1 rings (SSSR count). The zero-order valence-corrected chi connectivity index (χ0v) is 10.1. The van der Waals surface area contributed by atoms with Crippen molar-refractivity contribution in [2.75, 3.05) is 0 Å². The zero-order valence-electron chi connectivity index (χ0n) is 10.1. The summed E-state index contributed by atoms with van der Waals surface area (Å²) in [6.45, 7) is 1.29. The highest BCUT2D eigenvalue weighted by atomic mass is 19.4. The van der Waals surface area contributed by atoms with Crippen LogP contribution in [0.2, 0.25) is 0 Å². The molecular formula is C12H9F7O. The van der Waals surface area contributed by atoms with Gasteiger partial charge in [-0.15, -0.1) is 0 Å². The van der Waals surface area contributed by atoms with Gasteiger partial charge in [-0.25, -0.2) is 4.39 Å². The number of halogens is 7. The van der Waals surface area contributed by atoms with E-state index in [0.717, 1.165) is 18.2 Å². The SMILES string of the molecule is Cc1cc(F)ccc1CC(=O)C(C(F)(F)F)C(F)(F)F. The average Bonchev–Trinajstić information content (AvgIpc) is 2.17. The van der Waals surface area contributed by atoms with Gasteiger partial charge in [0.15, 0.2) is 5.78 Å². The van der Waals surface area contributed by atoms with Gasteiger partial charge in [-0.1, -0.05) is 6.07 Å². The molecule has 8 heteroatoms. The molecule has 0 aromatic heterocycles. The number of ketones is 1. The molecule has 1 aromatic carbocycles. The number of carbonyl (C=O) groups is 1. The molecule has 0 atom stereocenters. The Morgan fingerprint density at radius 3 is 2.00 bits per heavy atom. The van der Waals surface area contributed by atoms with E-state index in [-0.39, 0.29) is 11.1 Å². The topological polar surface area (TPSA) is 17.1 Å². The monoisotopic (exact) mass is 302 g/mol. The summed E-state index contributed by atoms with van der Waals surface area (Å²) in [5.74, 6) is -6.74. The molecule has 0 unspecified atom stereocenters. The second kappa shape index (κ2) is 5.41. The zero-order chi connectivity index (χ0) is 15.7. The number of rotatable bonds is 3. The number of carbonyl (C=O) groups excluding carboxylic acids is 1. The van der Waals surface area contributed by atoms with Crippen LogP contribution >= 0.6 is 0 Å². The van der Waals surface area contributed by atoms with E-state index in [1.54, 1.807) is 0 Å². The third-order valence-electron chi connectivity index (χ3n) is 2.65. The molecule has 1 nitrogen and oxygen atoms in total. The summed E-state index contributed by atoms with van der Waals surface area (Å²) in [6.07, 6.45) is -12.5. The normalized spacial score (nSPS) is 12.8. The van der Waals surface area contributed by atoms with Gasteiger partial charge in [-0.2, -0.15) is 26.3 Å². The fourth-order valence-electron chi connectivity index (χ4n) is 1.70. The van der Waals surface area contributed by atoms with Crippen LogP contribution in [0.1, 0.15) is 11.1 Å². The van der Waals surface area contributed by atoms with Crippen molar-refractivity contribution in [1.82, 2.24) is 0 Å². The van der Waals surface area contributed by atoms with E-state index in [1.165, 1.54) is 6.92 Å². The molecule has 112 valence electrons. The van der Waals surface area contributed by atoms with Crippen molar-refractivity contribution in [2.24, 2.45) is 5.92 Å². The molecule has 20 heavy (non-hydrogen) atoms. The number of aryl methyl sites for hydroxylation is 1. The largest absolute Gasteiger partial charge is 0.407 e. The third-order valence-corrected chi connectivity index (χ3v) is 2.65. The lowest BCUT2D eigenvalue weighted by Crippen LogP contribution is -2.43. The maximum absolute atomic E-state index is 12.8. The van der Waals surface area contributed by atoms with Crippen LogP contribution in [-0.4, -0.2) is 18.1 Å². The van der Waals surface area contributed by atoms with Gasteiger partial charge in [0.2, 0.25) is 5.92 Å². The van der Waals surface area contributed by atoms with Crippen molar-refractivity contribution < 1.29 is 35.5 Å². The molecule has 0 amide bonds. The highest BCUT2D eigenvalue weighted by Crippen LogP contribution is 2.40. The highest BCUT2D eigenvalue weighted by molar-refractivity contribution is 5.85. The Balaban J connectivity index is 3.04. The van der Waals surface area contributed by atoms with Crippen molar-refractivity contribution in [2.45, 2.75) is 25.7 Å². The van der Waals surface area contributed by atoms with E-state index < -0.39 is 36.3 Å². The summed E-state index contributed by atoms with van der Waals surface area (Å²) < 4.78 is 86.8. The van der Waals surface area contributed by atoms with Gasteiger partial charge in [0.1, 0.15) is 5.82 Å². The predicted octanol–water partition coefficient (Wildman–Crippen LogP) is 3.99. The van der Waals surface area contributed by atoms with Crippen LogP contribution in [0.4, 0.5) is 30.7 Å². The van der Waals surface area contributed by atoms with Crippen molar-refractivity contribution in [3.05, 3.63) is 35.1 Å². The average molecular weight is 302 g/mol. The molecule has 0 radical (unpaired) electrons. The number of alkyl halides is 6. The second-order valence-electron chi connectivity index (χ2n) is 4.23. The third kappa shape index (κ3) is 3.94. The molecule has 0 heterocycles. The highest BCUT2D eigenvalue weighted by Gasteiger charge is 2.60. The Kier molecular flexibility index (Phi) is 4.45. The number of benzene rings is 1. The first-order valence-corrected chi connectivity index (χ1v) is 5.34. The Labute approximate surface area is 109 Å². The van der Waals surface area contributed by atoms with E-state index in [1.807, 2.05) is 0 Å². The van der Waals surface area contributed by atoms with E-state index in [9.17, 15) is 35.5 Å². The first-order valence-electron chi connectivity index (χ1n) is 5.34. The summed E-state index contributed by atoms with van der Waals surface area (Å²) in [6, 6.07) is 2.79. The Hall–Kier alpha value is -1.60. The standard InChI is InChI=1S/C12H9F7O/c1-6-4-8(13)3-2-7(6)5-9(20)10(11(14,15)16)12(17,18)19/h2-4,10H,5H2,1H3. The van der Waals surface area contributed by atoms with Gasteiger partial charge < -0.3 is 0 Å². The van der Waals surface area contributed by atoms with Gasteiger partial charge in [-0.05, 0) is 30.2 Å². The number of hydrogen-bond acceptors (Lipinski definition) is 1. The van der Waals surface area contributed by atoms with Gasteiger partial charge in [-0.3, -0.25) is 4.79 Å². The fraction of sp³-hybridized carbons (Fsp3) is 0.417. The minimum absolute atomic E-state index is 0.0742. The number of hydrogen-bond donors (Lipinski definition) is 0. The van der Waals surface area contributed by atoms with E-state index in [4.69, 9.17) is 0 Å². The molecule has 0 aliphatic rings. The van der Waals surface area contributed by atoms with Gasteiger partial charge >= 0.3 is 12.4 Å². The predicted molar refractivity (Wildman–Crippen MR) is 55.4 cm³/mol. The van der Waals surface area contributed by atoms with Crippen LogP contribution < -0.4 is 0 Å². The summed E-state index contributed by atoms with van der Waals surface area (Å²) in [5, 5.41) is 0. The summed E-state index contributed by atoms with van der Waals surface area (Å²) in [5.41, 5.74) is 0.0383. The second-order valence-corrected chi connectivity index (χ2v) is 4.23. The van der Waals surface area contributed by atoms with Crippen LogP contribution in [-0.2, 0) is 11.2 Å². The van der Waals surface area contributed by atoms with Crippen LogP contribution in [0.3, 0.4) is 0 Å². The fourth-order valence-corrected chi connectivity index (χ4v) is 1.70. The van der Waals surface area contributed by atoms with Crippen molar-refractivity contribution >= 4 is 5.78 Å². The van der Waals surface area contributed by atoms with E-state index in [0.29, 0.717) is 0 Å². The lowest BCUT2D eigenvalue weighted by molar-refractivity contribution is -0.273. The Morgan fingerprint density at radius 1 is 1.10 bits per heavy atom. The first-order chi connectivity index (χ1) is 8.93. The van der Waals surface area contributed by atoms with Crippen LogP contribution in [0.25, 0.3) is 0 Å². The smallest absolute Gasteiger partial charge is 0.298 e. The maximum atomic E-state index is 12.8. The van der Waals surface area contributed by atoms with E-state index in [2.05, 4.69) is 0 Å².